The van der Waals surface area contributed by atoms with Gasteiger partial charge in [-0.05, 0) is 57.0 Å². The van der Waals surface area contributed by atoms with E-state index < -0.39 is 0 Å². The zero-order valence-electron chi connectivity index (χ0n) is 13.4. The van der Waals surface area contributed by atoms with Crippen molar-refractivity contribution in [1.82, 2.24) is 10.2 Å². The monoisotopic (exact) mass is 308 g/mol. The minimum atomic E-state index is 0.403. The summed E-state index contributed by atoms with van der Waals surface area (Å²) in [6.45, 7) is 5.57. The number of nitrogens with one attached hydrogen (secondary N) is 1. The lowest BCUT2D eigenvalue weighted by molar-refractivity contribution is 0.255. The van der Waals surface area contributed by atoms with Crippen LogP contribution in [0.1, 0.15) is 50.6 Å². The van der Waals surface area contributed by atoms with Crippen LogP contribution >= 0.6 is 11.6 Å². The van der Waals surface area contributed by atoms with Crippen molar-refractivity contribution in [1.29, 1.82) is 0 Å². The van der Waals surface area contributed by atoms with Gasteiger partial charge in [0.2, 0.25) is 0 Å². The number of hydrogen-bond donors (Lipinski definition) is 1. The molecule has 1 fully saturated rings. The van der Waals surface area contributed by atoms with Gasteiger partial charge in [0.1, 0.15) is 0 Å². The SMILES string of the molecule is CC(c1cccc(Cl)c1)N(C)CCNCC1CCCCC1. The van der Waals surface area contributed by atoms with Crippen molar-refractivity contribution >= 4 is 11.6 Å². The molecule has 0 bridgehead atoms. The molecule has 2 nitrogen and oxygen atoms in total. The molecule has 0 aromatic heterocycles. The normalized spacial score (nSPS) is 18.1. The van der Waals surface area contributed by atoms with Crippen molar-refractivity contribution in [2.24, 2.45) is 5.92 Å². The summed E-state index contributed by atoms with van der Waals surface area (Å²) >= 11 is 6.08. The summed E-state index contributed by atoms with van der Waals surface area (Å²) in [4.78, 5) is 2.39. The molecule has 118 valence electrons. The Morgan fingerprint density at radius 2 is 2.05 bits per heavy atom. The molecule has 1 aromatic carbocycles. The van der Waals surface area contributed by atoms with Crippen molar-refractivity contribution < 1.29 is 0 Å². The van der Waals surface area contributed by atoms with E-state index in [4.69, 9.17) is 11.6 Å². The third-order valence-electron chi connectivity index (χ3n) is 4.79. The van der Waals surface area contributed by atoms with Crippen LogP contribution in [0, 0.1) is 5.92 Å². The first kappa shape index (κ1) is 16.8. The van der Waals surface area contributed by atoms with Crippen molar-refractivity contribution in [3.63, 3.8) is 0 Å². The summed E-state index contributed by atoms with van der Waals surface area (Å²) in [5.74, 6) is 0.911. The summed E-state index contributed by atoms with van der Waals surface area (Å²) < 4.78 is 0. The first-order valence-electron chi connectivity index (χ1n) is 8.33. The van der Waals surface area contributed by atoms with Gasteiger partial charge in [0, 0.05) is 24.2 Å². The largest absolute Gasteiger partial charge is 0.315 e. The highest BCUT2D eigenvalue weighted by molar-refractivity contribution is 6.30. The Morgan fingerprint density at radius 3 is 2.76 bits per heavy atom. The number of likely N-dealkylation sites (N-methyl/N-ethyl adjacent to an activating group) is 1. The maximum Gasteiger partial charge on any atom is 0.0409 e. The molecule has 0 aliphatic heterocycles. The maximum atomic E-state index is 6.08. The van der Waals surface area contributed by atoms with Gasteiger partial charge >= 0.3 is 0 Å². The van der Waals surface area contributed by atoms with Gasteiger partial charge in [-0.3, -0.25) is 4.90 Å². The molecular weight excluding hydrogens is 280 g/mol. The lowest BCUT2D eigenvalue weighted by atomic mass is 9.89. The number of rotatable bonds is 7. The van der Waals surface area contributed by atoms with Gasteiger partial charge in [0.25, 0.3) is 0 Å². The molecule has 1 aliphatic carbocycles. The van der Waals surface area contributed by atoms with Crippen LogP contribution in [0.15, 0.2) is 24.3 Å². The van der Waals surface area contributed by atoms with Crippen molar-refractivity contribution in [2.45, 2.75) is 45.1 Å². The smallest absolute Gasteiger partial charge is 0.0409 e. The molecular formula is C18H29ClN2. The topological polar surface area (TPSA) is 15.3 Å². The van der Waals surface area contributed by atoms with Crippen LogP contribution in [0.2, 0.25) is 5.02 Å². The number of hydrogen-bond acceptors (Lipinski definition) is 2. The second-order valence-electron chi connectivity index (χ2n) is 6.42. The highest BCUT2D eigenvalue weighted by Gasteiger charge is 2.14. The molecule has 0 heterocycles. The van der Waals surface area contributed by atoms with Crippen molar-refractivity contribution in [3.8, 4) is 0 Å². The molecule has 0 saturated heterocycles. The van der Waals surface area contributed by atoms with E-state index in [1.165, 1.54) is 44.2 Å². The Kier molecular flexibility index (Phi) is 7.01. The third-order valence-corrected chi connectivity index (χ3v) is 5.03. The van der Waals surface area contributed by atoms with E-state index in [0.29, 0.717) is 6.04 Å². The van der Waals surface area contributed by atoms with Gasteiger partial charge in [0.05, 0.1) is 0 Å². The summed E-state index contributed by atoms with van der Waals surface area (Å²) in [7, 11) is 2.19. The average Bonchev–Trinajstić information content (AvgIpc) is 2.51. The van der Waals surface area contributed by atoms with E-state index in [1.54, 1.807) is 0 Å². The average molecular weight is 309 g/mol. The Hall–Kier alpha value is -0.570. The van der Waals surface area contributed by atoms with Crippen LogP contribution in [-0.4, -0.2) is 31.6 Å². The van der Waals surface area contributed by atoms with Crippen molar-refractivity contribution in [3.05, 3.63) is 34.9 Å². The molecule has 1 N–H and O–H groups in total. The van der Waals surface area contributed by atoms with Crippen LogP contribution in [0.3, 0.4) is 0 Å². The number of benzene rings is 1. The van der Waals surface area contributed by atoms with E-state index in [0.717, 1.165) is 24.0 Å². The molecule has 0 amide bonds. The van der Waals surface area contributed by atoms with E-state index in [-0.39, 0.29) is 0 Å². The Bertz CT molecular complexity index is 415. The number of nitrogens with zero attached hydrogens (tertiary/aromatic N) is 1. The van der Waals surface area contributed by atoms with Gasteiger partial charge in [0.15, 0.2) is 0 Å². The first-order chi connectivity index (χ1) is 10.2. The van der Waals surface area contributed by atoms with Crippen molar-refractivity contribution in [2.75, 3.05) is 26.7 Å². The van der Waals surface area contributed by atoms with Gasteiger partial charge in [-0.15, -0.1) is 0 Å². The fourth-order valence-electron chi connectivity index (χ4n) is 3.17. The van der Waals surface area contributed by atoms with E-state index in [1.807, 2.05) is 12.1 Å². The predicted octanol–water partition coefficient (Wildman–Crippen LogP) is 4.50. The second kappa shape index (κ2) is 8.77. The predicted molar refractivity (Wildman–Crippen MR) is 91.9 cm³/mol. The molecule has 21 heavy (non-hydrogen) atoms. The van der Waals surface area contributed by atoms with Gasteiger partial charge in [-0.2, -0.15) is 0 Å². The quantitative estimate of drug-likeness (QED) is 0.746. The summed E-state index contributed by atoms with van der Waals surface area (Å²) in [6, 6.07) is 8.59. The minimum Gasteiger partial charge on any atom is -0.315 e. The maximum absolute atomic E-state index is 6.08. The standard InChI is InChI=1S/C18H29ClN2/c1-15(17-9-6-10-18(19)13-17)21(2)12-11-20-14-16-7-4-3-5-8-16/h6,9-10,13,15-16,20H,3-5,7-8,11-12,14H2,1-2H3. The van der Waals surface area contributed by atoms with Gasteiger partial charge in [-0.25, -0.2) is 0 Å². The Labute approximate surface area is 134 Å². The molecule has 0 spiro atoms. The zero-order valence-corrected chi connectivity index (χ0v) is 14.2. The lowest BCUT2D eigenvalue weighted by Gasteiger charge is -2.26. The summed E-state index contributed by atoms with van der Waals surface area (Å²) in [5.41, 5.74) is 1.29. The van der Waals surface area contributed by atoms with Crippen LogP contribution in [-0.2, 0) is 0 Å². The molecule has 1 unspecified atom stereocenters. The van der Waals surface area contributed by atoms with E-state index in [9.17, 15) is 0 Å². The highest BCUT2D eigenvalue weighted by atomic mass is 35.5. The molecule has 1 aliphatic rings. The van der Waals surface area contributed by atoms with E-state index >= 15 is 0 Å². The molecule has 3 heteroatoms. The number of halogens is 1. The second-order valence-corrected chi connectivity index (χ2v) is 6.86. The highest BCUT2D eigenvalue weighted by Crippen LogP contribution is 2.23. The summed E-state index contributed by atoms with van der Waals surface area (Å²) in [6.07, 6.45) is 7.13. The Morgan fingerprint density at radius 1 is 1.29 bits per heavy atom. The van der Waals surface area contributed by atoms with Crippen LogP contribution in [0.5, 0.6) is 0 Å². The third kappa shape index (κ3) is 5.61. The minimum absolute atomic E-state index is 0.403. The first-order valence-corrected chi connectivity index (χ1v) is 8.71. The van der Waals surface area contributed by atoms with Gasteiger partial charge in [-0.1, -0.05) is 43.0 Å². The van der Waals surface area contributed by atoms with Crippen LogP contribution in [0.25, 0.3) is 0 Å². The fraction of sp³-hybridized carbons (Fsp3) is 0.667. The van der Waals surface area contributed by atoms with Crippen LogP contribution in [0.4, 0.5) is 0 Å². The molecule has 1 atom stereocenters. The van der Waals surface area contributed by atoms with Gasteiger partial charge < -0.3 is 5.32 Å². The fourth-order valence-corrected chi connectivity index (χ4v) is 3.37. The lowest BCUT2D eigenvalue weighted by Crippen LogP contribution is -2.33. The Balaban J connectivity index is 1.67. The molecule has 0 radical (unpaired) electrons. The van der Waals surface area contributed by atoms with E-state index in [2.05, 4.69) is 36.3 Å². The molecule has 1 aromatic rings. The molecule has 1 saturated carbocycles. The summed E-state index contributed by atoms with van der Waals surface area (Å²) in [5, 5.41) is 4.46. The van der Waals surface area contributed by atoms with Crippen LogP contribution < -0.4 is 5.32 Å². The molecule has 2 rings (SSSR count). The zero-order chi connectivity index (χ0) is 15.1.